The maximum atomic E-state index is 6.71. The molecule has 0 unspecified atom stereocenters. The van der Waals surface area contributed by atoms with Crippen molar-refractivity contribution in [1.82, 2.24) is 4.98 Å². The minimum absolute atomic E-state index is 0.132. The summed E-state index contributed by atoms with van der Waals surface area (Å²) in [5.74, 6) is 0.741. The third kappa shape index (κ3) is 2.00. The van der Waals surface area contributed by atoms with Crippen LogP contribution in [0, 0.1) is 0 Å². The molecule has 2 N–H and O–H groups in total. The molecule has 0 saturated heterocycles. The van der Waals surface area contributed by atoms with Crippen LogP contribution in [0.1, 0.15) is 61.4 Å². The first-order valence-corrected chi connectivity index (χ1v) is 8.27. The van der Waals surface area contributed by atoms with E-state index in [0.717, 1.165) is 18.8 Å². The maximum absolute atomic E-state index is 6.71. The van der Waals surface area contributed by atoms with E-state index in [1.54, 1.807) is 0 Å². The van der Waals surface area contributed by atoms with Gasteiger partial charge in [-0.15, -0.1) is 11.3 Å². The molecule has 1 heterocycles. The van der Waals surface area contributed by atoms with Crippen molar-refractivity contribution in [3.05, 3.63) is 28.8 Å². The summed E-state index contributed by atoms with van der Waals surface area (Å²) in [6.07, 6.45) is 8.72. The van der Waals surface area contributed by atoms with Gasteiger partial charge in [0.25, 0.3) is 0 Å². The van der Waals surface area contributed by atoms with Crippen molar-refractivity contribution >= 4 is 21.6 Å². The Kier molecular flexibility index (Phi) is 2.68. The molecule has 0 spiro atoms. The molecule has 2 aromatic rings. The zero-order chi connectivity index (χ0) is 12.9. The van der Waals surface area contributed by atoms with E-state index < -0.39 is 0 Å². The second-order valence-electron chi connectivity index (χ2n) is 6.20. The smallest absolute Gasteiger partial charge is 0.0969 e. The Morgan fingerprint density at radius 1 is 1.16 bits per heavy atom. The largest absolute Gasteiger partial charge is 0.321 e. The molecule has 0 atom stereocenters. The van der Waals surface area contributed by atoms with Gasteiger partial charge in [-0.3, -0.25) is 0 Å². The van der Waals surface area contributed by atoms with E-state index in [9.17, 15) is 0 Å². The van der Waals surface area contributed by atoms with Gasteiger partial charge in [-0.25, -0.2) is 4.98 Å². The normalized spacial score (nSPS) is 22.8. The lowest BCUT2D eigenvalue weighted by molar-refractivity contribution is 0.304. The van der Waals surface area contributed by atoms with E-state index in [4.69, 9.17) is 10.7 Å². The summed E-state index contributed by atoms with van der Waals surface area (Å²) in [4.78, 5) is 4.93. The molecule has 0 radical (unpaired) electrons. The van der Waals surface area contributed by atoms with Gasteiger partial charge in [0, 0.05) is 11.5 Å². The highest BCUT2D eigenvalue weighted by Gasteiger charge is 2.33. The molecule has 1 aromatic carbocycles. The molecule has 0 bridgehead atoms. The van der Waals surface area contributed by atoms with Crippen LogP contribution in [-0.4, -0.2) is 4.98 Å². The lowest BCUT2D eigenvalue weighted by atomic mass is 9.77. The SMILES string of the molecule is NC1(c2cccc3sc(C4CC4)nc23)CCCCC1. The number of aromatic nitrogens is 1. The third-order valence-corrected chi connectivity index (χ3v) is 5.83. The van der Waals surface area contributed by atoms with Crippen molar-refractivity contribution in [2.24, 2.45) is 5.73 Å². The first-order chi connectivity index (χ1) is 9.26. The minimum Gasteiger partial charge on any atom is -0.321 e. The zero-order valence-electron chi connectivity index (χ0n) is 11.2. The van der Waals surface area contributed by atoms with Gasteiger partial charge in [0.2, 0.25) is 0 Å². The van der Waals surface area contributed by atoms with Crippen LogP contribution in [0.5, 0.6) is 0 Å². The standard InChI is InChI=1S/C16H20N2S/c17-16(9-2-1-3-10-16)12-5-4-6-13-14(12)18-15(19-13)11-7-8-11/h4-6,11H,1-3,7-10,17H2. The number of hydrogen-bond donors (Lipinski definition) is 1. The van der Waals surface area contributed by atoms with Crippen molar-refractivity contribution in [2.75, 3.05) is 0 Å². The summed E-state index contributed by atoms with van der Waals surface area (Å²) in [5.41, 5.74) is 9.07. The van der Waals surface area contributed by atoms with Crippen LogP contribution >= 0.6 is 11.3 Å². The fourth-order valence-corrected chi connectivity index (χ4v) is 4.49. The lowest BCUT2D eigenvalue weighted by Gasteiger charge is -2.34. The zero-order valence-corrected chi connectivity index (χ0v) is 12.0. The van der Waals surface area contributed by atoms with Gasteiger partial charge in [-0.1, -0.05) is 31.4 Å². The van der Waals surface area contributed by atoms with Crippen LogP contribution in [0.15, 0.2) is 18.2 Å². The second-order valence-corrected chi connectivity index (χ2v) is 7.26. The molecule has 2 nitrogen and oxygen atoms in total. The fourth-order valence-electron chi connectivity index (χ4n) is 3.32. The molecule has 100 valence electrons. The average Bonchev–Trinajstić information content (AvgIpc) is 3.18. The van der Waals surface area contributed by atoms with Crippen molar-refractivity contribution < 1.29 is 0 Å². The molecule has 2 aliphatic carbocycles. The molecule has 19 heavy (non-hydrogen) atoms. The molecule has 4 rings (SSSR count). The van der Waals surface area contributed by atoms with E-state index in [1.807, 2.05) is 11.3 Å². The number of para-hydroxylation sites is 1. The lowest BCUT2D eigenvalue weighted by Crippen LogP contribution is -2.38. The Hall–Kier alpha value is -0.930. The highest BCUT2D eigenvalue weighted by Crippen LogP contribution is 2.45. The summed E-state index contributed by atoms with van der Waals surface area (Å²) in [6, 6.07) is 6.58. The van der Waals surface area contributed by atoms with Crippen molar-refractivity contribution in [3.8, 4) is 0 Å². The monoisotopic (exact) mass is 272 g/mol. The fraction of sp³-hybridized carbons (Fsp3) is 0.562. The van der Waals surface area contributed by atoms with E-state index in [0.29, 0.717) is 0 Å². The number of hydrogen-bond acceptors (Lipinski definition) is 3. The van der Waals surface area contributed by atoms with Gasteiger partial charge in [0.1, 0.15) is 0 Å². The van der Waals surface area contributed by atoms with Crippen LogP contribution < -0.4 is 5.73 Å². The van der Waals surface area contributed by atoms with Gasteiger partial charge < -0.3 is 5.73 Å². The predicted molar refractivity (Wildman–Crippen MR) is 80.5 cm³/mol. The van der Waals surface area contributed by atoms with Crippen LogP contribution in [0.25, 0.3) is 10.2 Å². The van der Waals surface area contributed by atoms with Gasteiger partial charge >= 0.3 is 0 Å². The molecule has 0 aliphatic heterocycles. The Bertz CT molecular complexity index is 606. The summed E-state index contributed by atoms with van der Waals surface area (Å²) >= 11 is 1.88. The number of rotatable bonds is 2. The first kappa shape index (κ1) is 11.9. The molecule has 2 fully saturated rings. The Morgan fingerprint density at radius 3 is 2.68 bits per heavy atom. The number of fused-ring (bicyclic) bond motifs is 1. The molecule has 2 aliphatic rings. The quantitative estimate of drug-likeness (QED) is 0.885. The van der Waals surface area contributed by atoms with Crippen molar-refractivity contribution in [2.45, 2.75) is 56.4 Å². The maximum Gasteiger partial charge on any atom is 0.0969 e. The Balaban J connectivity index is 1.83. The number of nitrogens with zero attached hydrogens (tertiary/aromatic N) is 1. The van der Waals surface area contributed by atoms with Crippen LogP contribution in [0.2, 0.25) is 0 Å². The third-order valence-electron chi connectivity index (χ3n) is 4.64. The number of benzene rings is 1. The molecule has 1 aromatic heterocycles. The molecule has 3 heteroatoms. The summed E-state index contributed by atoms with van der Waals surface area (Å²) in [7, 11) is 0. The van der Waals surface area contributed by atoms with E-state index in [2.05, 4.69) is 18.2 Å². The highest BCUT2D eigenvalue weighted by molar-refractivity contribution is 7.18. The summed E-state index contributed by atoms with van der Waals surface area (Å²) < 4.78 is 1.33. The summed E-state index contributed by atoms with van der Waals surface area (Å²) in [5, 5.41) is 1.34. The van der Waals surface area contributed by atoms with Gasteiger partial charge in [-0.2, -0.15) is 0 Å². The van der Waals surface area contributed by atoms with Crippen molar-refractivity contribution in [3.63, 3.8) is 0 Å². The second kappa shape index (κ2) is 4.29. The van der Waals surface area contributed by atoms with Crippen LogP contribution in [-0.2, 0) is 5.54 Å². The van der Waals surface area contributed by atoms with Gasteiger partial charge in [0.15, 0.2) is 0 Å². The first-order valence-electron chi connectivity index (χ1n) is 7.45. The Morgan fingerprint density at radius 2 is 1.95 bits per heavy atom. The van der Waals surface area contributed by atoms with E-state index in [-0.39, 0.29) is 5.54 Å². The highest BCUT2D eigenvalue weighted by atomic mass is 32.1. The average molecular weight is 272 g/mol. The summed E-state index contributed by atoms with van der Waals surface area (Å²) in [6.45, 7) is 0. The van der Waals surface area contributed by atoms with Crippen LogP contribution in [0.4, 0.5) is 0 Å². The van der Waals surface area contributed by atoms with Crippen LogP contribution in [0.3, 0.4) is 0 Å². The molecule has 0 amide bonds. The number of thiazole rings is 1. The Labute approximate surface area is 118 Å². The molecular weight excluding hydrogens is 252 g/mol. The topological polar surface area (TPSA) is 38.9 Å². The minimum atomic E-state index is -0.132. The number of nitrogens with two attached hydrogens (primary N) is 1. The van der Waals surface area contributed by atoms with E-state index >= 15 is 0 Å². The molecule has 2 saturated carbocycles. The van der Waals surface area contributed by atoms with Gasteiger partial charge in [-0.05, 0) is 37.3 Å². The van der Waals surface area contributed by atoms with Gasteiger partial charge in [0.05, 0.1) is 15.2 Å². The van der Waals surface area contributed by atoms with E-state index in [1.165, 1.54) is 52.9 Å². The van der Waals surface area contributed by atoms with Crippen molar-refractivity contribution in [1.29, 1.82) is 0 Å². The predicted octanol–water partition coefficient (Wildman–Crippen LogP) is 4.29. The molecular formula is C16H20N2S.